The van der Waals surface area contributed by atoms with Crippen LogP contribution in [0.25, 0.3) is 22.6 Å². The molecule has 7 aliphatic rings. The Kier molecular flexibility index (Phi) is 20.2. The van der Waals surface area contributed by atoms with Crippen LogP contribution in [0.2, 0.25) is 0 Å². The van der Waals surface area contributed by atoms with Gasteiger partial charge in [-0.05, 0) is 181 Å². The summed E-state index contributed by atoms with van der Waals surface area (Å²) in [6.07, 6.45) is 17.6. The minimum absolute atomic E-state index is 0.0251. The molecule has 17 rings (SSSR count). The third-order valence-corrected chi connectivity index (χ3v) is 21.4. The van der Waals surface area contributed by atoms with E-state index in [1.807, 2.05) is 115 Å². The fourth-order valence-corrected chi connectivity index (χ4v) is 14.6. The van der Waals surface area contributed by atoms with Crippen molar-refractivity contribution < 1.29 is 43.0 Å². The summed E-state index contributed by atoms with van der Waals surface area (Å²) in [4.78, 5) is 65.9. The van der Waals surface area contributed by atoms with Crippen molar-refractivity contribution in [1.29, 1.82) is 0 Å². The number of aliphatic hydroxyl groups excluding tert-OH is 1. The van der Waals surface area contributed by atoms with Crippen LogP contribution in [0.15, 0.2) is 163 Å². The van der Waals surface area contributed by atoms with Crippen molar-refractivity contribution in [3.05, 3.63) is 219 Å². The molecule has 2 saturated carbocycles. The largest absolute Gasteiger partial charge is 0.495 e. The van der Waals surface area contributed by atoms with Gasteiger partial charge in [0.1, 0.15) is 11.2 Å². The lowest BCUT2D eigenvalue weighted by molar-refractivity contribution is -0.142. The first kappa shape index (κ1) is 69.5. The number of aliphatic hydroxyl groups is 1. The molecule has 0 spiro atoms. The van der Waals surface area contributed by atoms with Crippen molar-refractivity contribution in [2.75, 3.05) is 86.1 Å². The second kappa shape index (κ2) is 29.9. The molecule has 0 radical (unpaired) electrons. The number of nitrogens with zero attached hydrogens (tertiary/aromatic N) is 10. The summed E-state index contributed by atoms with van der Waals surface area (Å²) in [5.41, 5.74) is 16.5. The first-order valence-electron chi connectivity index (χ1n) is 35.9. The number of morpholine rings is 2. The van der Waals surface area contributed by atoms with Crippen LogP contribution in [0.5, 0.6) is 0 Å². The lowest BCUT2D eigenvalue weighted by Crippen LogP contribution is -2.42. The average molecular weight is 1450 g/mol. The number of hydrogen-bond acceptors (Lipinski definition) is 17. The van der Waals surface area contributed by atoms with Crippen LogP contribution in [0, 0.1) is 0 Å². The Hall–Kier alpha value is -9.17. The maximum atomic E-state index is 13.8. The van der Waals surface area contributed by atoms with E-state index < -0.39 is 18.3 Å². The summed E-state index contributed by atoms with van der Waals surface area (Å²) in [5, 5.41) is 17.5. The summed E-state index contributed by atoms with van der Waals surface area (Å²) in [5.74, 6) is 2.22. The number of halogens is 1. The molecule has 10 aromatic rings. The Bertz CT molecular complexity index is 4760. The van der Waals surface area contributed by atoms with Crippen molar-refractivity contribution in [2.45, 2.75) is 122 Å². The van der Waals surface area contributed by atoms with E-state index in [1.165, 1.54) is 54.9 Å². The molecule has 0 atom stereocenters. The van der Waals surface area contributed by atoms with Crippen molar-refractivity contribution in [3.63, 3.8) is 0 Å². The van der Waals surface area contributed by atoms with Gasteiger partial charge in [-0.1, -0.05) is 72.8 Å². The summed E-state index contributed by atoms with van der Waals surface area (Å²) >= 11 is 3.43. The number of nitrogens with one attached hydrogen (secondary N) is 2. The molecular formula is C80H86BBrN12O9. The van der Waals surface area contributed by atoms with Crippen LogP contribution in [-0.4, -0.2) is 145 Å². The molecule has 6 aromatic carbocycles. The van der Waals surface area contributed by atoms with E-state index >= 15 is 0 Å². The van der Waals surface area contributed by atoms with Crippen molar-refractivity contribution in [1.82, 2.24) is 38.5 Å². The number of anilines is 6. The maximum absolute atomic E-state index is 13.8. The molecule has 5 aliphatic heterocycles. The number of imidazole rings is 2. The first-order chi connectivity index (χ1) is 50.0. The lowest BCUT2D eigenvalue weighted by atomic mass is 9.75. The minimum Gasteiger partial charge on any atom is -0.461 e. The molecule has 530 valence electrons. The fourth-order valence-electron chi connectivity index (χ4n) is 14.2. The Morgan fingerprint density at radius 3 is 1.58 bits per heavy atom. The Morgan fingerprint density at radius 1 is 0.602 bits per heavy atom. The van der Waals surface area contributed by atoms with Gasteiger partial charge in [-0.15, -0.1) is 0 Å². The van der Waals surface area contributed by atoms with E-state index in [-0.39, 0.29) is 31.0 Å². The second-order valence-electron chi connectivity index (χ2n) is 28.6. The Morgan fingerprint density at radius 2 is 1.09 bits per heavy atom. The number of fused-ring (bicyclic) bond motifs is 4. The number of ether oxygens (including phenoxy) is 3. The van der Waals surface area contributed by atoms with Crippen LogP contribution in [0.3, 0.4) is 0 Å². The smallest absolute Gasteiger partial charge is 0.461 e. The molecule has 0 bridgehead atoms. The predicted octanol–water partition coefficient (Wildman–Crippen LogP) is 12.7. The number of hydrogen-bond donors (Lipinski definition) is 3. The molecule has 3 N–H and O–H groups in total. The van der Waals surface area contributed by atoms with Crippen molar-refractivity contribution in [3.8, 4) is 11.3 Å². The van der Waals surface area contributed by atoms with Gasteiger partial charge >= 0.3 is 13.1 Å². The quantitative estimate of drug-likeness (QED) is 0.0571. The van der Waals surface area contributed by atoms with Crippen LogP contribution in [0.4, 0.5) is 34.4 Å². The Balaban J connectivity index is 0.000000131. The number of amides is 2. The van der Waals surface area contributed by atoms with Gasteiger partial charge in [-0.25, -0.2) is 19.9 Å². The van der Waals surface area contributed by atoms with Crippen LogP contribution < -0.4 is 25.9 Å². The van der Waals surface area contributed by atoms with Crippen molar-refractivity contribution in [2.24, 2.45) is 0 Å². The van der Waals surface area contributed by atoms with Gasteiger partial charge in [0, 0.05) is 136 Å². The van der Waals surface area contributed by atoms with E-state index in [2.05, 4.69) is 124 Å². The summed E-state index contributed by atoms with van der Waals surface area (Å²) < 4.78 is 33.5. The zero-order valence-corrected chi connectivity index (χ0v) is 60.5. The average Bonchev–Trinajstić information content (AvgIpc) is 1.67. The summed E-state index contributed by atoms with van der Waals surface area (Å²) in [7, 11) is -0.621. The van der Waals surface area contributed by atoms with Crippen molar-refractivity contribution >= 4 is 92.0 Å². The molecule has 5 fully saturated rings. The van der Waals surface area contributed by atoms with Gasteiger partial charge in [0.2, 0.25) is 0 Å². The normalized spacial score (nSPS) is 18.0. The number of esters is 1. The number of benzene rings is 6. The predicted molar refractivity (Wildman–Crippen MR) is 402 cm³/mol. The standard InChI is InChI=1S/C36H36N6O3.C27H32BNO5.C17H18BrN5O/c43-23-31-30(2-1-3-33(31)42-14-12-27-20-26(25-6-7-25)8-11-29(27)36(42)44)32-22-41-15-13-37-35(41)34(39-32)38-28-9-4-24(5-10-28)21-40-16-18-45-19-17-40;1-17(30)32-16-22-23(28-33-26(2,3)27(4,5)34-28)7-6-8-24(22)29-14-13-20-15-19(18-9-10-18)11-12-21(20)25(29)31;18-15-12-23-6-5-19-17(23)16(21-15)20-14-3-1-13(2-4-14)11-22-7-9-24-10-8-22/h1-5,8-11,13,15,20,22,25,43H,6-7,12,14,16-19,21,23H2,(H,38,39);6-8,11-12,15,18H,9-10,13-14,16H2,1-5H3;1-6,12H,7-11H2,(H,20,21). The minimum atomic E-state index is -0.621. The van der Waals surface area contributed by atoms with E-state index in [4.69, 9.17) is 28.5 Å². The third kappa shape index (κ3) is 15.4. The van der Waals surface area contributed by atoms with Gasteiger partial charge < -0.3 is 57.9 Å². The molecule has 0 unspecified atom stereocenters. The molecule has 21 nitrogen and oxygen atoms in total. The highest BCUT2D eigenvalue weighted by molar-refractivity contribution is 9.10. The van der Waals surface area contributed by atoms with Gasteiger partial charge in [0.15, 0.2) is 22.9 Å². The van der Waals surface area contributed by atoms with Crippen LogP contribution in [0.1, 0.15) is 137 Å². The van der Waals surface area contributed by atoms with E-state index in [1.54, 1.807) is 17.3 Å². The van der Waals surface area contributed by atoms with E-state index in [0.29, 0.717) is 47.6 Å². The zero-order valence-electron chi connectivity index (χ0n) is 58.9. The van der Waals surface area contributed by atoms with Crippen LogP contribution >= 0.6 is 15.9 Å². The number of rotatable bonds is 17. The van der Waals surface area contributed by atoms with E-state index in [0.717, 1.165) is 156 Å². The number of carbonyl (C=O) groups excluding carboxylic acids is 3. The molecule has 2 aliphatic carbocycles. The molecule has 3 saturated heterocycles. The monoisotopic (exact) mass is 1450 g/mol. The summed E-state index contributed by atoms with van der Waals surface area (Å²) in [6.45, 7) is 19.3. The Labute approximate surface area is 608 Å². The molecule has 2 amide bonds. The van der Waals surface area contributed by atoms with Gasteiger partial charge in [0.05, 0.1) is 61.3 Å². The molecular weight excluding hydrogens is 1360 g/mol. The summed E-state index contributed by atoms with van der Waals surface area (Å²) in [6, 6.07) is 41.0. The van der Waals surface area contributed by atoms with Gasteiger partial charge in [-0.3, -0.25) is 24.2 Å². The highest BCUT2D eigenvalue weighted by Gasteiger charge is 2.52. The molecule has 9 heterocycles. The maximum Gasteiger partial charge on any atom is 0.495 e. The fraction of sp³-hybridized carbons (Fsp3) is 0.362. The highest BCUT2D eigenvalue weighted by atomic mass is 79.9. The zero-order chi connectivity index (χ0) is 70.9. The van der Waals surface area contributed by atoms with Crippen LogP contribution in [-0.2, 0) is 67.5 Å². The topological polar surface area (TPSA) is 215 Å². The molecule has 103 heavy (non-hydrogen) atoms. The van der Waals surface area contributed by atoms with Gasteiger partial charge in [-0.2, -0.15) is 0 Å². The SMILES string of the molecule is Brc1cn2ccnc2c(Nc2ccc(CN3CCOCC3)cc2)n1.CC(=O)OCc1c(B2OC(C)(C)C(C)(C)O2)cccc1N1CCc2cc(C3CC3)ccc2C1=O.O=C1c2ccc(C3CC3)cc2CCN1c1cccc(-c2cn3ccnc3c(Nc3ccc(CN4CCOCC4)cc3)n2)c1CO. The number of carbonyl (C=O) groups is 3. The second-order valence-corrected chi connectivity index (χ2v) is 29.4. The van der Waals surface area contributed by atoms with E-state index in [9.17, 15) is 19.5 Å². The highest BCUT2D eigenvalue weighted by Crippen LogP contribution is 2.44. The molecule has 23 heteroatoms. The first-order valence-corrected chi connectivity index (χ1v) is 36.7. The van der Waals surface area contributed by atoms with Gasteiger partial charge in [0.25, 0.3) is 11.8 Å². The third-order valence-electron chi connectivity index (χ3n) is 21.0. The number of aromatic nitrogens is 6. The lowest BCUT2D eigenvalue weighted by Gasteiger charge is -2.32. The molecule has 4 aromatic heterocycles.